The van der Waals surface area contributed by atoms with E-state index in [1.807, 2.05) is 23.1 Å². The lowest BCUT2D eigenvalue weighted by atomic mass is 10.2. The van der Waals surface area contributed by atoms with Crippen LogP contribution in [0.15, 0.2) is 36.8 Å². The van der Waals surface area contributed by atoms with Crippen molar-refractivity contribution in [2.45, 2.75) is 0 Å². The number of carboxylic acids is 1. The van der Waals surface area contributed by atoms with Gasteiger partial charge in [0.15, 0.2) is 11.5 Å². The van der Waals surface area contributed by atoms with Crippen LogP contribution in [0.2, 0.25) is 0 Å². The third kappa shape index (κ3) is 2.76. The maximum absolute atomic E-state index is 11.2. The zero-order valence-electron chi connectivity index (χ0n) is 11.4. The van der Waals surface area contributed by atoms with Gasteiger partial charge < -0.3 is 14.9 Å². The summed E-state index contributed by atoms with van der Waals surface area (Å²) in [5, 5.41) is 9.18. The molecule has 0 unspecified atom stereocenters. The van der Waals surface area contributed by atoms with E-state index < -0.39 is 5.97 Å². The fourth-order valence-electron chi connectivity index (χ4n) is 2.40. The van der Waals surface area contributed by atoms with E-state index in [0.29, 0.717) is 18.9 Å². The third-order valence-electron chi connectivity index (χ3n) is 3.43. The molecule has 2 aromatic rings. The molecule has 21 heavy (non-hydrogen) atoms. The van der Waals surface area contributed by atoms with Gasteiger partial charge in [-0.05, 0) is 12.1 Å². The highest BCUT2D eigenvalue weighted by molar-refractivity contribution is 5.90. The lowest BCUT2D eigenvalue weighted by Gasteiger charge is -2.36. The summed E-state index contributed by atoms with van der Waals surface area (Å²) in [6.45, 7) is 2.92. The first-order valence-corrected chi connectivity index (χ1v) is 6.71. The van der Waals surface area contributed by atoms with E-state index in [4.69, 9.17) is 0 Å². The van der Waals surface area contributed by atoms with Crippen LogP contribution in [0.4, 0.5) is 11.6 Å². The molecule has 0 saturated carbocycles. The lowest BCUT2D eigenvalue weighted by Crippen LogP contribution is -2.47. The summed E-state index contributed by atoms with van der Waals surface area (Å²) < 4.78 is 0. The average Bonchev–Trinajstić information content (AvgIpc) is 2.56. The summed E-state index contributed by atoms with van der Waals surface area (Å²) in [5.74, 6) is 0.325. The van der Waals surface area contributed by atoms with Crippen molar-refractivity contribution in [2.75, 3.05) is 36.0 Å². The van der Waals surface area contributed by atoms with Crippen molar-refractivity contribution >= 4 is 17.6 Å². The summed E-state index contributed by atoms with van der Waals surface area (Å²) in [6, 6.07) is 5.82. The summed E-state index contributed by atoms with van der Waals surface area (Å²) >= 11 is 0. The number of aromatic carboxylic acids is 1. The minimum Gasteiger partial charge on any atom is -0.476 e. The van der Waals surface area contributed by atoms with E-state index in [2.05, 4.69) is 19.9 Å². The minimum atomic E-state index is -1.05. The molecule has 1 aliphatic heterocycles. The Morgan fingerprint density at radius 3 is 2.33 bits per heavy atom. The number of anilines is 2. The predicted molar refractivity (Wildman–Crippen MR) is 77.7 cm³/mol. The number of pyridine rings is 1. The Bertz CT molecular complexity index is 626. The second kappa shape index (κ2) is 5.74. The maximum Gasteiger partial charge on any atom is 0.358 e. The normalized spacial score (nSPS) is 15.0. The van der Waals surface area contributed by atoms with Crippen molar-refractivity contribution in [1.82, 2.24) is 15.0 Å². The van der Waals surface area contributed by atoms with E-state index in [0.717, 1.165) is 18.9 Å². The smallest absolute Gasteiger partial charge is 0.358 e. The highest BCUT2D eigenvalue weighted by Gasteiger charge is 2.23. The molecule has 0 aliphatic carbocycles. The number of carbonyl (C=O) groups is 1. The van der Waals surface area contributed by atoms with Crippen LogP contribution in [0, 0.1) is 0 Å². The quantitative estimate of drug-likeness (QED) is 0.897. The molecule has 1 saturated heterocycles. The van der Waals surface area contributed by atoms with E-state index in [-0.39, 0.29) is 5.69 Å². The van der Waals surface area contributed by atoms with E-state index >= 15 is 0 Å². The predicted octanol–water partition coefficient (Wildman–Crippen LogP) is 0.896. The number of hydrogen-bond donors (Lipinski definition) is 1. The second-order valence-corrected chi connectivity index (χ2v) is 4.70. The van der Waals surface area contributed by atoms with Gasteiger partial charge in [0.2, 0.25) is 0 Å². The first kappa shape index (κ1) is 13.3. The fraction of sp³-hybridized carbons (Fsp3) is 0.286. The molecule has 0 amide bonds. The fourth-order valence-corrected chi connectivity index (χ4v) is 2.40. The Labute approximate surface area is 121 Å². The van der Waals surface area contributed by atoms with Gasteiger partial charge in [0.05, 0.1) is 0 Å². The van der Waals surface area contributed by atoms with Crippen molar-refractivity contribution in [3.05, 3.63) is 42.5 Å². The second-order valence-electron chi connectivity index (χ2n) is 4.70. The van der Waals surface area contributed by atoms with Crippen molar-refractivity contribution < 1.29 is 9.90 Å². The van der Waals surface area contributed by atoms with Gasteiger partial charge in [-0.1, -0.05) is 6.07 Å². The van der Waals surface area contributed by atoms with Gasteiger partial charge in [0.25, 0.3) is 0 Å². The van der Waals surface area contributed by atoms with Crippen LogP contribution >= 0.6 is 0 Å². The molecule has 0 aromatic carbocycles. The van der Waals surface area contributed by atoms with Gasteiger partial charge in [-0.3, -0.25) is 0 Å². The van der Waals surface area contributed by atoms with Crippen LogP contribution in [0.1, 0.15) is 10.5 Å². The summed E-state index contributed by atoms with van der Waals surface area (Å²) in [6.07, 6.45) is 4.69. The molecule has 7 heteroatoms. The highest BCUT2D eigenvalue weighted by Crippen LogP contribution is 2.19. The standard InChI is InChI=1S/C14H15N5O2/c20-14(21)12-13(17-6-5-16-12)19-9-7-18(8-10-19)11-3-1-2-4-15-11/h1-6H,7-10H2,(H,20,21). The Hall–Kier alpha value is -2.70. The monoisotopic (exact) mass is 285 g/mol. The maximum atomic E-state index is 11.2. The summed E-state index contributed by atoms with van der Waals surface area (Å²) in [7, 11) is 0. The number of hydrogen-bond acceptors (Lipinski definition) is 6. The molecule has 0 bridgehead atoms. The summed E-state index contributed by atoms with van der Waals surface area (Å²) in [5.41, 5.74) is 0.00351. The molecule has 3 rings (SSSR count). The summed E-state index contributed by atoms with van der Waals surface area (Å²) in [4.78, 5) is 27.7. The van der Waals surface area contributed by atoms with E-state index in [1.54, 1.807) is 6.20 Å². The Balaban J connectivity index is 1.73. The number of aromatic nitrogens is 3. The Kier molecular flexibility index (Phi) is 3.63. The van der Waals surface area contributed by atoms with Crippen LogP contribution in [0.25, 0.3) is 0 Å². The molecule has 3 heterocycles. The Morgan fingerprint density at radius 2 is 1.67 bits per heavy atom. The molecular formula is C14H15N5O2. The van der Waals surface area contributed by atoms with Crippen molar-refractivity contribution in [3.63, 3.8) is 0 Å². The van der Waals surface area contributed by atoms with Gasteiger partial charge >= 0.3 is 5.97 Å². The van der Waals surface area contributed by atoms with Crippen LogP contribution in [0.3, 0.4) is 0 Å². The molecule has 7 nitrogen and oxygen atoms in total. The zero-order chi connectivity index (χ0) is 14.7. The third-order valence-corrected chi connectivity index (χ3v) is 3.43. The van der Waals surface area contributed by atoms with Crippen LogP contribution < -0.4 is 9.80 Å². The van der Waals surface area contributed by atoms with Crippen LogP contribution in [0.5, 0.6) is 0 Å². The number of piperazine rings is 1. The van der Waals surface area contributed by atoms with Gasteiger partial charge in [0.1, 0.15) is 5.82 Å². The molecule has 1 N–H and O–H groups in total. The first-order valence-electron chi connectivity index (χ1n) is 6.71. The largest absolute Gasteiger partial charge is 0.476 e. The van der Waals surface area contributed by atoms with E-state index in [9.17, 15) is 9.90 Å². The van der Waals surface area contributed by atoms with Gasteiger partial charge in [-0.2, -0.15) is 0 Å². The molecule has 0 atom stereocenters. The van der Waals surface area contributed by atoms with Crippen molar-refractivity contribution in [2.24, 2.45) is 0 Å². The lowest BCUT2D eigenvalue weighted by molar-refractivity contribution is 0.0690. The number of nitrogens with zero attached hydrogens (tertiary/aromatic N) is 5. The minimum absolute atomic E-state index is 0.00351. The molecule has 1 fully saturated rings. The van der Waals surface area contributed by atoms with Gasteiger partial charge in [0, 0.05) is 44.8 Å². The molecular weight excluding hydrogens is 270 g/mol. The molecule has 2 aromatic heterocycles. The SMILES string of the molecule is O=C(O)c1nccnc1N1CCN(c2ccccn2)CC1. The van der Waals surface area contributed by atoms with E-state index in [1.165, 1.54) is 12.4 Å². The van der Waals surface area contributed by atoms with Crippen molar-refractivity contribution in [1.29, 1.82) is 0 Å². The topological polar surface area (TPSA) is 82.4 Å². The van der Waals surface area contributed by atoms with Crippen LogP contribution in [-0.2, 0) is 0 Å². The van der Waals surface area contributed by atoms with Gasteiger partial charge in [-0.15, -0.1) is 0 Å². The molecule has 1 aliphatic rings. The van der Waals surface area contributed by atoms with Crippen LogP contribution in [-0.4, -0.2) is 52.2 Å². The number of rotatable bonds is 3. The average molecular weight is 285 g/mol. The van der Waals surface area contributed by atoms with Gasteiger partial charge in [-0.25, -0.2) is 19.7 Å². The number of carboxylic acid groups (broad SMARTS) is 1. The highest BCUT2D eigenvalue weighted by atomic mass is 16.4. The molecule has 108 valence electrons. The first-order chi connectivity index (χ1) is 10.3. The Morgan fingerprint density at radius 1 is 0.952 bits per heavy atom. The van der Waals surface area contributed by atoms with Crippen molar-refractivity contribution in [3.8, 4) is 0 Å². The zero-order valence-corrected chi connectivity index (χ0v) is 11.4. The molecule has 0 spiro atoms. The molecule has 0 radical (unpaired) electrons.